The minimum Gasteiger partial charge on any atom is -0.462 e. The first kappa shape index (κ1) is 21.8. The molecule has 32 heavy (non-hydrogen) atoms. The Morgan fingerprint density at radius 1 is 1.06 bits per heavy atom. The van der Waals surface area contributed by atoms with Gasteiger partial charge in [0.2, 0.25) is 0 Å². The molecule has 4 rings (SSSR count). The molecule has 1 aliphatic rings. The van der Waals surface area contributed by atoms with Crippen molar-refractivity contribution in [3.8, 4) is 11.1 Å². The maximum atomic E-state index is 12.2. The fourth-order valence-electron chi connectivity index (χ4n) is 3.75. The average Bonchev–Trinajstić information content (AvgIpc) is 3.41. The van der Waals surface area contributed by atoms with Crippen LogP contribution in [-0.2, 0) is 9.47 Å². The number of benzene rings is 2. The Morgan fingerprint density at radius 2 is 1.75 bits per heavy atom. The molecule has 0 unspecified atom stereocenters. The number of carbonyl (C=O) groups is 2. The van der Waals surface area contributed by atoms with Crippen LogP contribution in [0.15, 0.2) is 60.8 Å². The topological polar surface area (TPSA) is 77.5 Å². The van der Waals surface area contributed by atoms with Crippen molar-refractivity contribution in [1.29, 1.82) is 0 Å². The van der Waals surface area contributed by atoms with Crippen LogP contribution in [0.3, 0.4) is 0 Å². The van der Waals surface area contributed by atoms with Crippen LogP contribution in [0, 0.1) is 0 Å². The lowest BCUT2D eigenvalue weighted by Gasteiger charge is -2.14. The number of carbonyl (C=O) groups excluding carboxylic acids is 2. The summed E-state index contributed by atoms with van der Waals surface area (Å²) < 4.78 is 10.5. The van der Waals surface area contributed by atoms with Crippen LogP contribution in [0.25, 0.3) is 17.2 Å². The van der Waals surface area contributed by atoms with Gasteiger partial charge in [0.1, 0.15) is 16.5 Å². The minimum absolute atomic E-state index is 0.0477. The predicted octanol–water partition coefficient (Wildman–Crippen LogP) is 5.26. The van der Waals surface area contributed by atoms with E-state index in [0.29, 0.717) is 36.1 Å². The van der Waals surface area contributed by atoms with E-state index < -0.39 is 6.09 Å². The number of fused-ring (bicyclic) bond motifs is 3. The van der Waals surface area contributed by atoms with Gasteiger partial charge in [-0.2, -0.15) is 0 Å². The first-order chi connectivity index (χ1) is 15.7. The number of thiazole rings is 1. The maximum absolute atomic E-state index is 12.2. The predicted molar refractivity (Wildman–Crippen MR) is 125 cm³/mol. The minimum atomic E-state index is -0.431. The van der Waals surface area contributed by atoms with Crippen molar-refractivity contribution in [3.05, 3.63) is 81.8 Å². The van der Waals surface area contributed by atoms with Crippen LogP contribution in [0.5, 0.6) is 0 Å². The van der Waals surface area contributed by atoms with Crippen molar-refractivity contribution in [3.63, 3.8) is 0 Å². The number of nitrogens with zero attached hydrogens (tertiary/aromatic N) is 1. The molecule has 0 spiro atoms. The summed E-state index contributed by atoms with van der Waals surface area (Å²) in [5.41, 5.74) is 4.79. The van der Waals surface area contributed by atoms with Crippen LogP contribution in [0.4, 0.5) is 4.79 Å². The number of nitrogens with one attached hydrogen (secondary N) is 1. The summed E-state index contributed by atoms with van der Waals surface area (Å²) >= 11 is 1.27. The van der Waals surface area contributed by atoms with Crippen LogP contribution in [-0.4, -0.2) is 36.8 Å². The molecular formula is C25H24N2O4S. The number of aromatic nitrogens is 1. The molecule has 1 aromatic heterocycles. The van der Waals surface area contributed by atoms with E-state index >= 15 is 0 Å². The second-order valence-electron chi connectivity index (χ2n) is 7.23. The zero-order valence-corrected chi connectivity index (χ0v) is 18.6. The molecule has 2 aromatic carbocycles. The standard InChI is InChI=1S/C25H24N2O4S/c1-2-30-24(28)22-15-27-23(32-22)13-7-8-14-26-25(29)31-16-21-19-11-5-3-9-17(19)18-10-4-6-12-20(18)21/h3-7,9-13,15,21H,2,8,14,16H2,1H3,(H,26,29). The summed E-state index contributed by atoms with van der Waals surface area (Å²) in [5, 5.41) is 3.49. The van der Waals surface area contributed by atoms with E-state index in [2.05, 4.69) is 34.6 Å². The molecule has 0 aliphatic heterocycles. The summed E-state index contributed by atoms with van der Waals surface area (Å²) in [5.74, 6) is -0.312. The molecule has 0 fully saturated rings. The quantitative estimate of drug-likeness (QED) is 0.376. The van der Waals surface area contributed by atoms with Gasteiger partial charge in [0.25, 0.3) is 0 Å². The Morgan fingerprint density at radius 3 is 2.44 bits per heavy atom. The number of esters is 1. The Kier molecular flexibility index (Phi) is 6.97. The number of rotatable bonds is 8. The van der Waals surface area contributed by atoms with Crippen LogP contribution >= 0.6 is 11.3 Å². The molecule has 0 bridgehead atoms. The number of hydrogen-bond acceptors (Lipinski definition) is 6. The third-order valence-electron chi connectivity index (χ3n) is 5.18. The second-order valence-corrected chi connectivity index (χ2v) is 8.29. The van der Waals surface area contributed by atoms with Gasteiger partial charge in [-0.05, 0) is 41.7 Å². The molecule has 0 atom stereocenters. The summed E-state index contributed by atoms with van der Waals surface area (Å²) in [4.78, 5) is 28.5. The lowest BCUT2D eigenvalue weighted by atomic mass is 9.98. The van der Waals surface area contributed by atoms with Crippen molar-refractivity contribution in [2.45, 2.75) is 19.3 Å². The molecule has 1 amide bonds. The normalized spacial score (nSPS) is 12.4. The highest BCUT2D eigenvalue weighted by atomic mass is 32.1. The van der Waals surface area contributed by atoms with E-state index in [0.717, 1.165) is 0 Å². The van der Waals surface area contributed by atoms with Crippen molar-refractivity contribution < 1.29 is 19.1 Å². The summed E-state index contributed by atoms with van der Waals surface area (Å²) in [6.07, 6.45) is 5.43. The lowest BCUT2D eigenvalue weighted by molar-refractivity contribution is 0.0531. The van der Waals surface area contributed by atoms with E-state index in [9.17, 15) is 9.59 Å². The van der Waals surface area contributed by atoms with E-state index in [1.165, 1.54) is 39.8 Å². The Hall–Kier alpha value is -3.45. The smallest absolute Gasteiger partial charge is 0.407 e. The first-order valence-electron chi connectivity index (χ1n) is 10.6. The highest BCUT2D eigenvalue weighted by Gasteiger charge is 2.28. The van der Waals surface area contributed by atoms with Gasteiger partial charge in [0.15, 0.2) is 0 Å². The molecule has 1 aliphatic carbocycles. The van der Waals surface area contributed by atoms with E-state index in [-0.39, 0.29) is 11.9 Å². The van der Waals surface area contributed by atoms with Crippen molar-refractivity contribution >= 4 is 29.5 Å². The van der Waals surface area contributed by atoms with Gasteiger partial charge in [-0.25, -0.2) is 14.6 Å². The number of alkyl carbamates (subject to hydrolysis) is 1. The Bertz CT molecular complexity index is 1090. The third-order valence-corrected chi connectivity index (χ3v) is 6.13. The van der Waals surface area contributed by atoms with Gasteiger partial charge in [0.05, 0.1) is 12.8 Å². The number of ether oxygens (including phenoxy) is 2. The second kappa shape index (κ2) is 10.2. The molecule has 6 nitrogen and oxygen atoms in total. The number of amides is 1. The zero-order chi connectivity index (χ0) is 22.3. The number of hydrogen-bond donors (Lipinski definition) is 1. The third kappa shape index (κ3) is 4.89. The van der Waals surface area contributed by atoms with Crippen molar-refractivity contribution in [2.75, 3.05) is 19.8 Å². The van der Waals surface area contributed by atoms with Gasteiger partial charge >= 0.3 is 12.1 Å². The van der Waals surface area contributed by atoms with E-state index in [1.54, 1.807) is 6.92 Å². The van der Waals surface area contributed by atoms with Crippen LogP contribution in [0.1, 0.15) is 45.1 Å². The molecule has 7 heteroatoms. The summed E-state index contributed by atoms with van der Waals surface area (Å²) in [6.45, 7) is 2.85. The van der Waals surface area contributed by atoms with Gasteiger partial charge in [0, 0.05) is 12.5 Å². The SMILES string of the molecule is CCOC(=O)c1cnc(C=CCCNC(=O)OCC2c3ccccc3-c3ccccc32)s1. The van der Waals surface area contributed by atoms with E-state index in [1.807, 2.05) is 36.4 Å². The van der Waals surface area contributed by atoms with Crippen molar-refractivity contribution in [2.24, 2.45) is 0 Å². The molecule has 0 radical (unpaired) electrons. The van der Waals surface area contributed by atoms with Gasteiger partial charge in [-0.15, -0.1) is 11.3 Å². The fraction of sp³-hybridized carbons (Fsp3) is 0.240. The van der Waals surface area contributed by atoms with Crippen molar-refractivity contribution in [1.82, 2.24) is 10.3 Å². The monoisotopic (exact) mass is 448 g/mol. The largest absolute Gasteiger partial charge is 0.462 e. The highest BCUT2D eigenvalue weighted by molar-refractivity contribution is 7.14. The average molecular weight is 449 g/mol. The van der Waals surface area contributed by atoms with Crippen LogP contribution in [0.2, 0.25) is 0 Å². The molecular weight excluding hydrogens is 424 g/mol. The lowest BCUT2D eigenvalue weighted by Crippen LogP contribution is -2.26. The highest BCUT2D eigenvalue weighted by Crippen LogP contribution is 2.44. The molecule has 0 saturated heterocycles. The zero-order valence-electron chi connectivity index (χ0n) is 17.7. The first-order valence-corrected chi connectivity index (χ1v) is 11.4. The molecule has 1 heterocycles. The molecule has 1 N–H and O–H groups in total. The molecule has 0 saturated carbocycles. The van der Waals surface area contributed by atoms with E-state index in [4.69, 9.17) is 9.47 Å². The van der Waals surface area contributed by atoms with Gasteiger partial charge in [-0.1, -0.05) is 54.6 Å². The van der Waals surface area contributed by atoms with Crippen LogP contribution < -0.4 is 5.32 Å². The summed E-state index contributed by atoms with van der Waals surface area (Å²) in [7, 11) is 0. The summed E-state index contributed by atoms with van der Waals surface area (Å²) in [6, 6.07) is 16.5. The van der Waals surface area contributed by atoms with Gasteiger partial charge < -0.3 is 14.8 Å². The van der Waals surface area contributed by atoms with Gasteiger partial charge in [-0.3, -0.25) is 0 Å². The Balaban J connectivity index is 1.23. The fourth-order valence-corrected chi connectivity index (χ4v) is 4.50. The molecule has 3 aromatic rings. The Labute approximate surface area is 190 Å². The maximum Gasteiger partial charge on any atom is 0.407 e. The molecule has 164 valence electrons.